The number of carbonyl (C=O) groups excluding carboxylic acids is 1. The maximum atomic E-state index is 11.7. The van der Waals surface area contributed by atoms with Gasteiger partial charge in [0.05, 0.1) is 16.8 Å². The largest absolute Gasteiger partial charge is 0.461 e. The highest BCUT2D eigenvalue weighted by atomic mass is 79.9. The minimum Gasteiger partial charge on any atom is -0.461 e. The molecule has 1 heterocycles. The number of rotatable bonds is 4. The molecule has 0 aliphatic rings. The number of aryl methyl sites for hydroxylation is 1. The summed E-state index contributed by atoms with van der Waals surface area (Å²) in [4.78, 5) is 11.7. The van der Waals surface area contributed by atoms with Gasteiger partial charge in [-0.3, -0.25) is 4.68 Å². The first-order chi connectivity index (χ1) is 7.47. The zero-order valence-corrected chi connectivity index (χ0v) is 11.7. The quantitative estimate of drug-likeness (QED) is 0.800. The molecule has 90 valence electrons. The molecule has 4 nitrogen and oxygen atoms in total. The lowest BCUT2D eigenvalue weighted by Crippen LogP contribution is -2.10. The van der Waals surface area contributed by atoms with E-state index in [1.807, 2.05) is 0 Å². The van der Waals surface area contributed by atoms with Crippen molar-refractivity contribution < 1.29 is 9.53 Å². The first-order valence-corrected chi connectivity index (χ1v) is 6.15. The van der Waals surface area contributed by atoms with E-state index in [0.29, 0.717) is 18.2 Å². The molecule has 0 bridgehead atoms. The van der Waals surface area contributed by atoms with E-state index < -0.39 is 0 Å². The highest BCUT2D eigenvalue weighted by Crippen LogP contribution is 2.24. The van der Waals surface area contributed by atoms with E-state index in [1.165, 1.54) is 0 Å². The van der Waals surface area contributed by atoms with E-state index in [-0.39, 0.29) is 5.97 Å². The lowest BCUT2D eigenvalue weighted by atomic mass is 10.1. The minimum atomic E-state index is -0.334. The number of esters is 1. The second kappa shape index (κ2) is 5.48. The Morgan fingerprint density at radius 1 is 1.56 bits per heavy atom. The monoisotopic (exact) mass is 288 g/mol. The molecule has 0 atom stereocenters. The lowest BCUT2D eigenvalue weighted by Gasteiger charge is -2.02. The summed E-state index contributed by atoms with van der Waals surface area (Å²) >= 11 is 3.42. The fourth-order valence-corrected chi connectivity index (χ4v) is 2.15. The van der Waals surface area contributed by atoms with Crippen LogP contribution in [0, 0.1) is 5.92 Å². The molecule has 1 rings (SSSR count). The standard InChI is InChI=1S/C11H17BrN2O2/c1-5-16-11(15)10-9(12)8(6-7(2)3)13-14(10)4/h7H,5-6H2,1-4H3. The van der Waals surface area contributed by atoms with Gasteiger partial charge in [0.15, 0.2) is 5.69 Å². The van der Waals surface area contributed by atoms with Gasteiger partial charge < -0.3 is 4.74 Å². The number of nitrogens with zero attached hydrogens (tertiary/aromatic N) is 2. The van der Waals surface area contributed by atoms with Crippen LogP contribution < -0.4 is 0 Å². The van der Waals surface area contributed by atoms with Gasteiger partial charge in [-0.15, -0.1) is 0 Å². The molecule has 0 amide bonds. The smallest absolute Gasteiger partial charge is 0.357 e. The van der Waals surface area contributed by atoms with E-state index >= 15 is 0 Å². The molecule has 16 heavy (non-hydrogen) atoms. The predicted octanol–water partition coefficient (Wildman–Crippen LogP) is 2.56. The Bertz CT molecular complexity index is 386. The van der Waals surface area contributed by atoms with Crippen LogP contribution in [0.4, 0.5) is 0 Å². The fourth-order valence-electron chi connectivity index (χ4n) is 1.49. The Morgan fingerprint density at radius 3 is 2.69 bits per heavy atom. The molecule has 0 radical (unpaired) electrons. The van der Waals surface area contributed by atoms with Gasteiger partial charge in [0.2, 0.25) is 0 Å². The van der Waals surface area contributed by atoms with Gasteiger partial charge in [-0.1, -0.05) is 13.8 Å². The molecule has 0 aliphatic heterocycles. The van der Waals surface area contributed by atoms with Crippen LogP contribution in [0.5, 0.6) is 0 Å². The molecule has 5 heteroatoms. The van der Waals surface area contributed by atoms with Gasteiger partial charge >= 0.3 is 5.97 Å². The molecule has 1 aromatic heterocycles. The van der Waals surface area contributed by atoms with Crippen LogP contribution in [0.3, 0.4) is 0 Å². The zero-order chi connectivity index (χ0) is 12.3. The number of hydrogen-bond acceptors (Lipinski definition) is 3. The van der Waals surface area contributed by atoms with Crippen molar-refractivity contribution in [2.24, 2.45) is 13.0 Å². The third-order valence-corrected chi connectivity index (χ3v) is 2.96. The van der Waals surface area contributed by atoms with Crippen molar-refractivity contribution >= 4 is 21.9 Å². The van der Waals surface area contributed by atoms with Gasteiger partial charge in [-0.05, 0) is 35.2 Å². The van der Waals surface area contributed by atoms with Crippen molar-refractivity contribution in [1.29, 1.82) is 0 Å². The van der Waals surface area contributed by atoms with E-state index in [1.54, 1.807) is 18.7 Å². The second-order valence-corrected chi connectivity index (χ2v) is 4.84. The normalized spacial score (nSPS) is 10.9. The zero-order valence-electron chi connectivity index (χ0n) is 10.1. The van der Waals surface area contributed by atoms with E-state index in [4.69, 9.17) is 4.74 Å². The maximum Gasteiger partial charge on any atom is 0.357 e. The Morgan fingerprint density at radius 2 is 2.19 bits per heavy atom. The van der Waals surface area contributed by atoms with E-state index in [0.717, 1.165) is 16.6 Å². The molecule has 0 N–H and O–H groups in total. The molecule has 0 spiro atoms. The van der Waals surface area contributed by atoms with Crippen molar-refractivity contribution in [3.63, 3.8) is 0 Å². The van der Waals surface area contributed by atoms with Gasteiger partial charge in [0.25, 0.3) is 0 Å². The van der Waals surface area contributed by atoms with Crippen molar-refractivity contribution in [2.75, 3.05) is 6.61 Å². The molecule has 0 saturated carbocycles. The average molecular weight is 289 g/mol. The number of carbonyl (C=O) groups is 1. The van der Waals surface area contributed by atoms with E-state index in [2.05, 4.69) is 34.9 Å². The lowest BCUT2D eigenvalue weighted by molar-refractivity contribution is 0.0512. The summed E-state index contributed by atoms with van der Waals surface area (Å²) in [5.41, 5.74) is 1.39. The number of halogens is 1. The first-order valence-electron chi connectivity index (χ1n) is 5.35. The topological polar surface area (TPSA) is 44.1 Å². The third-order valence-electron chi connectivity index (χ3n) is 2.13. The highest BCUT2D eigenvalue weighted by molar-refractivity contribution is 9.10. The summed E-state index contributed by atoms with van der Waals surface area (Å²) in [7, 11) is 1.75. The fraction of sp³-hybridized carbons (Fsp3) is 0.636. The van der Waals surface area contributed by atoms with Crippen molar-refractivity contribution in [3.05, 3.63) is 15.9 Å². The van der Waals surface area contributed by atoms with Crippen LogP contribution in [0.15, 0.2) is 4.47 Å². The third kappa shape index (κ3) is 2.84. The maximum absolute atomic E-state index is 11.7. The number of aromatic nitrogens is 2. The first kappa shape index (κ1) is 13.2. The molecule has 0 unspecified atom stereocenters. The van der Waals surface area contributed by atoms with Gasteiger partial charge in [0.1, 0.15) is 0 Å². The van der Waals surface area contributed by atoms with Crippen LogP contribution in [-0.4, -0.2) is 22.4 Å². The predicted molar refractivity (Wildman–Crippen MR) is 65.4 cm³/mol. The Kier molecular flexibility index (Phi) is 4.53. The van der Waals surface area contributed by atoms with Crippen LogP contribution >= 0.6 is 15.9 Å². The molecule has 0 fully saturated rings. The molecule has 1 aromatic rings. The van der Waals surface area contributed by atoms with Gasteiger partial charge in [-0.2, -0.15) is 5.10 Å². The van der Waals surface area contributed by atoms with Gasteiger partial charge in [-0.25, -0.2) is 4.79 Å². The average Bonchev–Trinajstić information content (AvgIpc) is 2.41. The summed E-state index contributed by atoms with van der Waals surface area (Å²) < 4.78 is 7.30. The molecular weight excluding hydrogens is 272 g/mol. The Hall–Kier alpha value is -0.840. The minimum absolute atomic E-state index is 0.334. The van der Waals surface area contributed by atoms with Crippen LogP contribution in [0.1, 0.15) is 37.0 Å². The second-order valence-electron chi connectivity index (χ2n) is 4.05. The van der Waals surface area contributed by atoms with E-state index in [9.17, 15) is 4.79 Å². The SMILES string of the molecule is CCOC(=O)c1c(Br)c(CC(C)C)nn1C. The Labute approximate surface area is 104 Å². The van der Waals surface area contributed by atoms with Crippen molar-refractivity contribution in [2.45, 2.75) is 27.2 Å². The number of ether oxygens (including phenoxy) is 1. The molecular formula is C11H17BrN2O2. The van der Waals surface area contributed by atoms with Crippen LogP contribution in [0.25, 0.3) is 0 Å². The summed E-state index contributed by atoms with van der Waals surface area (Å²) in [6, 6.07) is 0. The molecule has 0 saturated heterocycles. The molecule has 0 aliphatic carbocycles. The number of hydrogen-bond donors (Lipinski definition) is 0. The summed E-state index contributed by atoms with van der Waals surface area (Å²) in [6.07, 6.45) is 0.841. The van der Waals surface area contributed by atoms with Crippen molar-refractivity contribution in [3.8, 4) is 0 Å². The summed E-state index contributed by atoms with van der Waals surface area (Å²) in [6.45, 7) is 6.39. The summed E-state index contributed by atoms with van der Waals surface area (Å²) in [5.74, 6) is 0.167. The van der Waals surface area contributed by atoms with Crippen LogP contribution in [-0.2, 0) is 18.2 Å². The van der Waals surface area contributed by atoms with Crippen molar-refractivity contribution in [1.82, 2.24) is 9.78 Å². The van der Waals surface area contributed by atoms with Crippen LogP contribution in [0.2, 0.25) is 0 Å². The molecule has 0 aromatic carbocycles. The Balaban J connectivity index is 3.02. The highest BCUT2D eigenvalue weighted by Gasteiger charge is 2.21. The van der Waals surface area contributed by atoms with Gasteiger partial charge in [0, 0.05) is 7.05 Å². The summed E-state index contributed by atoms with van der Waals surface area (Å²) in [5, 5.41) is 4.32.